The first kappa shape index (κ1) is 17.6. The molecular formula is C15H17IN2O2S. The third-order valence-corrected chi connectivity index (χ3v) is 3.82. The highest BCUT2D eigenvalue weighted by molar-refractivity contribution is 14.1. The second kappa shape index (κ2) is 8.78. The van der Waals surface area contributed by atoms with Crippen molar-refractivity contribution in [2.24, 2.45) is 0 Å². The summed E-state index contributed by atoms with van der Waals surface area (Å²) in [6.07, 6.45) is 3.44. The Hall–Kier alpha value is -1.41. The summed E-state index contributed by atoms with van der Waals surface area (Å²) in [4.78, 5) is 14.0. The third-order valence-electron chi connectivity index (χ3n) is 2.62. The van der Waals surface area contributed by atoms with Gasteiger partial charge in [-0.15, -0.1) is 13.2 Å². The van der Waals surface area contributed by atoms with Crippen molar-refractivity contribution in [1.82, 2.24) is 10.2 Å². The van der Waals surface area contributed by atoms with Crippen molar-refractivity contribution in [2.75, 3.05) is 20.2 Å². The Morgan fingerprint density at radius 2 is 2.05 bits per heavy atom. The van der Waals surface area contributed by atoms with E-state index < -0.39 is 0 Å². The molecule has 0 unspecified atom stereocenters. The van der Waals surface area contributed by atoms with Crippen LogP contribution in [0.2, 0.25) is 0 Å². The molecule has 0 radical (unpaired) electrons. The van der Waals surface area contributed by atoms with Crippen molar-refractivity contribution in [3.05, 3.63) is 52.6 Å². The smallest absolute Gasteiger partial charge is 0.257 e. The van der Waals surface area contributed by atoms with Crippen LogP contribution in [0.1, 0.15) is 10.4 Å². The van der Waals surface area contributed by atoms with Crippen LogP contribution < -0.4 is 10.1 Å². The van der Waals surface area contributed by atoms with Gasteiger partial charge in [0, 0.05) is 18.7 Å². The van der Waals surface area contributed by atoms with Gasteiger partial charge in [-0.1, -0.05) is 12.2 Å². The molecule has 0 aliphatic rings. The summed E-state index contributed by atoms with van der Waals surface area (Å²) < 4.78 is 6.03. The quantitative estimate of drug-likeness (QED) is 0.440. The Bertz CT molecular complexity index is 551. The molecule has 1 aromatic rings. The number of ether oxygens (including phenoxy) is 1. The van der Waals surface area contributed by atoms with E-state index in [1.807, 2.05) is 0 Å². The molecule has 0 saturated heterocycles. The second-order valence-corrected chi connectivity index (χ2v) is 5.64. The first-order valence-electron chi connectivity index (χ1n) is 6.19. The molecule has 112 valence electrons. The highest BCUT2D eigenvalue weighted by Crippen LogP contribution is 2.21. The maximum absolute atomic E-state index is 12.2. The average molecular weight is 416 g/mol. The molecular weight excluding hydrogens is 399 g/mol. The Labute approximate surface area is 144 Å². The predicted octanol–water partition coefficient (Wildman–Crippen LogP) is 2.99. The molecule has 0 aliphatic heterocycles. The molecule has 1 aromatic carbocycles. The van der Waals surface area contributed by atoms with Crippen LogP contribution in [0.15, 0.2) is 43.5 Å². The van der Waals surface area contributed by atoms with Crippen LogP contribution in [-0.4, -0.2) is 36.1 Å². The molecule has 0 saturated carbocycles. The lowest BCUT2D eigenvalue weighted by molar-refractivity contribution is 0.0974. The summed E-state index contributed by atoms with van der Waals surface area (Å²) in [6.45, 7) is 8.43. The Kier molecular flexibility index (Phi) is 7.38. The Morgan fingerprint density at radius 3 is 2.52 bits per heavy atom. The van der Waals surface area contributed by atoms with Crippen molar-refractivity contribution >= 4 is 45.8 Å². The van der Waals surface area contributed by atoms with E-state index in [0.29, 0.717) is 23.8 Å². The SMILES string of the molecule is C=CCN(CC=C)C(=S)NC(=O)c1ccc(OC)c(I)c1. The van der Waals surface area contributed by atoms with Crippen molar-refractivity contribution in [2.45, 2.75) is 0 Å². The van der Waals surface area contributed by atoms with Crippen LogP contribution in [0.25, 0.3) is 0 Å². The van der Waals surface area contributed by atoms with Gasteiger partial charge in [0.15, 0.2) is 5.11 Å². The number of methoxy groups -OCH3 is 1. The minimum Gasteiger partial charge on any atom is -0.496 e. The highest BCUT2D eigenvalue weighted by Gasteiger charge is 2.13. The van der Waals surface area contributed by atoms with E-state index in [-0.39, 0.29) is 5.91 Å². The van der Waals surface area contributed by atoms with Gasteiger partial charge in [-0.25, -0.2) is 0 Å². The lowest BCUT2D eigenvalue weighted by Gasteiger charge is -2.22. The number of thiocarbonyl (C=S) groups is 1. The largest absolute Gasteiger partial charge is 0.496 e. The number of carbonyl (C=O) groups excluding carboxylic acids is 1. The Balaban J connectivity index is 2.79. The van der Waals surface area contributed by atoms with Crippen LogP contribution in [0.3, 0.4) is 0 Å². The van der Waals surface area contributed by atoms with E-state index in [2.05, 4.69) is 41.1 Å². The van der Waals surface area contributed by atoms with E-state index in [9.17, 15) is 4.79 Å². The van der Waals surface area contributed by atoms with Crippen LogP contribution in [0.5, 0.6) is 5.75 Å². The molecule has 0 spiro atoms. The van der Waals surface area contributed by atoms with Gasteiger partial charge in [0.1, 0.15) is 5.75 Å². The average Bonchev–Trinajstić information content (AvgIpc) is 2.46. The zero-order chi connectivity index (χ0) is 15.8. The Morgan fingerprint density at radius 1 is 1.43 bits per heavy atom. The summed E-state index contributed by atoms with van der Waals surface area (Å²) in [7, 11) is 1.59. The van der Waals surface area contributed by atoms with Crippen LogP contribution in [0.4, 0.5) is 0 Å². The van der Waals surface area contributed by atoms with Gasteiger partial charge in [-0.05, 0) is 53.0 Å². The summed E-state index contributed by atoms with van der Waals surface area (Å²) >= 11 is 7.35. The number of nitrogens with one attached hydrogen (secondary N) is 1. The lowest BCUT2D eigenvalue weighted by Crippen LogP contribution is -2.42. The van der Waals surface area contributed by atoms with Crippen LogP contribution >= 0.6 is 34.8 Å². The maximum Gasteiger partial charge on any atom is 0.257 e. The first-order chi connectivity index (χ1) is 10.0. The van der Waals surface area contributed by atoms with E-state index in [1.165, 1.54) is 0 Å². The van der Waals surface area contributed by atoms with E-state index >= 15 is 0 Å². The standard InChI is InChI=1S/C15H17IN2O2S/c1-4-8-18(9-5-2)15(21)17-14(19)11-6-7-13(20-3)12(16)10-11/h4-7,10H,1-2,8-9H2,3H3,(H,17,19,21). The summed E-state index contributed by atoms with van der Waals surface area (Å²) in [6, 6.07) is 5.21. The third kappa shape index (κ3) is 5.13. The van der Waals surface area contributed by atoms with Gasteiger partial charge in [0.05, 0.1) is 10.7 Å². The van der Waals surface area contributed by atoms with Crippen LogP contribution in [-0.2, 0) is 0 Å². The van der Waals surface area contributed by atoms with Crippen molar-refractivity contribution < 1.29 is 9.53 Å². The number of halogens is 1. The first-order valence-corrected chi connectivity index (χ1v) is 7.67. The predicted molar refractivity (Wildman–Crippen MR) is 97.7 cm³/mol. The number of hydrogen-bond acceptors (Lipinski definition) is 3. The molecule has 4 nitrogen and oxygen atoms in total. The fraction of sp³-hybridized carbons (Fsp3) is 0.200. The van der Waals surface area contributed by atoms with Crippen LogP contribution in [0, 0.1) is 3.57 Å². The van der Waals surface area contributed by atoms with Crippen molar-refractivity contribution in [3.8, 4) is 5.75 Å². The van der Waals surface area contributed by atoms with Gasteiger partial charge in [-0.2, -0.15) is 0 Å². The van der Waals surface area contributed by atoms with E-state index in [1.54, 1.807) is 42.4 Å². The van der Waals surface area contributed by atoms with E-state index in [0.717, 1.165) is 9.32 Å². The fourth-order valence-electron chi connectivity index (χ4n) is 1.61. The van der Waals surface area contributed by atoms with Gasteiger partial charge in [0.25, 0.3) is 5.91 Å². The maximum atomic E-state index is 12.2. The zero-order valence-corrected chi connectivity index (χ0v) is 14.7. The number of hydrogen-bond donors (Lipinski definition) is 1. The molecule has 0 fully saturated rings. The van der Waals surface area contributed by atoms with Gasteiger partial charge in [0.2, 0.25) is 0 Å². The molecule has 0 bridgehead atoms. The lowest BCUT2D eigenvalue weighted by atomic mass is 10.2. The van der Waals surface area contributed by atoms with Gasteiger partial charge < -0.3 is 9.64 Å². The second-order valence-electron chi connectivity index (χ2n) is 4.09. The molecule has 0 aromatic heterocycles. The highest BCUT2D eigenvalue weighted by atomic mass is 127. The molecule has 21 heavy (non-hydrogen) atoms. The monoisotopic (exact) mass is 416 g/mol. The minimum atomic E-state index is -0.251. The molecule has 0 aliphatic carbocycles. The normalized spacial score (nSPS) is 9.62. The van der Waals surface area contributed by atoms with E-state index in [4.69, 9.17) is 17.0 Å². The number of rotatable bonds is 6. The molecule has 0 atom stereocenters. The fourth-order valence-corrected chi connectivity index (χ4v) is 2.59. The summed E-state index contributed by atoms with van der Waals surface area (Å²) in [5.74, 6) is 0.480. The van der Waals surface area contributed by atoms with Crippen molar-refractivity contribution in [3.63, 3.8) is 0 Å². The number of carbonyl (C=O) groups is 1. The summed E-state index contributed by atoms with van der Waals surface area (Å²) in [5, 5.41) is 3.06. The molecule has 1 amide bonds. The number of amides is 1. The topological polar surface area (TPSA) is 41.6 Å². The molecule has 6 heteroatoms. The zero-order valence-electron chi connectivity index (χ0n) is 11.8. The number of nitrogens with zero attached hydrogens (tertiary/aromatic N) is 1. The molecule has 0 heterocycles. The summed E-state index contributed by atoms with van der Waals surface area (Å²) in [5.41, 5.74) is 0.528. The van der Waals surface area contributed by atoms with Gasteiger partial charge >= 0.3 is 0 Å². The molecule has 1 rings (SSSR count). The molecule has 1 N–H and O–H groups in total. The van der Waals surface area contributed by atoms with Crippen molar-refractivity contribution in [1.29, 1.82) is 0 Å². The number of benzene rings is 1. The van der Waals surface area contributed by atoms with Gasteiger partial charge in [-0.3, -0.25) is 10.1 Å². The minimum absolute atomic E-state index is 0.251.